The largest absolute Gasteiger partial charge is 0.481 e. The molecule has 0 aliphatic rings. The third kappa shape index (κ3) is 6.71. The highest BCUT2D eigenvalue weighted by Crippen LogP contribution is 2.20. The average molecular weight is 371 g/mol. The van der Waals surface area contributed by atoms with Crippen molar-refractivity contribution >= 4 is 33.7 Å². The summed E-state index contributed by atoms with van der Waals surface area (Å²) in [5.74, 6) is -1.63. The highest BCUT2D eigenvalue weighted by Gasteiger charge is 2.18. The van der Waals surface area contributed by atoms with Crippen LogP contribution >= 0.6 is 15.9 Å². The van der Waals surface area contributed by atoms with E-state index in [0.29, 0.717) is 18.4 Å². The Morgan fingerprint density at radius 1 is 1.27 bits per heavy atom. The number of rotatable bonds is 8. The van der Waals surface area contributed by atoms with Gasteiger partial charge in [0, 0.05) is 10.9 Å². The number of carbonyl (C=O) groups excluding carboxylic acids is 2. The van der Waals surface area contributed by atoms with E-state index in [-0.39, 0.29) is 18.9 Å². The van der Waals surface area contributed by atoms with Crippen molar-refractivity contribution in [1.82, 2.24) is 10.6 Å². The number of hydrogen-bond donors (Lipinski definition) is 3. The van der Waals surface area contributed by atoms with Crippen LogP contribution in [0.5, 0.6) is 0 Å². The Balaban J connectivity index is 2.67. The number of aliphatic carboxylic acids is 1. The number of halogens is 1. The molecule has 120 valence electrons. The van der Waals surface area contributed by atoms with Crippen molar-refractivity contribution in [2.45, 2.75) is 32.2 Å². The van der Waals surface area contributed by atoms with Gasteiger partial charge in [-0.05, 0) is 24.1 Å². The molecule has 0 heterocycles. The first-order chi connectivity index (χ1) is 10.4. The Hall–Kier alpha value is -1.89. The van der Waals surface area contributed by atoms with Crippen LogP contribution in [0.3, 0.4) is 0 Å². The van der Waals surface area contributed by atoms with Gasteiger partial charge in [0.2, 0.25) is 11.8 Å². The second kappa shape index (κ2) is 9.19. The summed E-state index contributed by atoms with van der Waals surface area (Å²) in [6.45, 7) is 1.71. The van der Waals surface area contributed by atoms with Gasteiger partial charge in [-0.1, -0.05) is 35.0 Å². The van der Waals surface area contributed by atoms with E-state index in [9.17, 15) is 14.4 Å². The molecule has 1 aromatic rings. The summed E-state index contributed by atoms with van der Waals surface area (Å²) < 4.78 is 0.797. The molecule has 0 aliphatic carbocycles. The summed E-state index contributed by atoms with van der Waals surface area (Å²) in [7, 11) is 0. The molecule has 22 heavy (non-hydrogen) atoms. The Kier molecular flexibility index (Phi) is 7.59. The average Bonchev–Trinajstić information content (AvgIpc) is 2.44. The minimum absolute atomic E-state index is 0.164. The van der Waals surface area contributed by atoms with Crippen molar-refractivity contribution in [1.29, 1.82) is 0 Å². The summed E-state index contributed by atoms with van der Waals surface area (Å²) >= 11 is 3.31. The predicted octanol–water partition coefficient (Wildman–Crippen LogP) is 2.00. The molecule has 0 bridgehead atoms. The first-order valence-electron chi connectivity index (χ1n) is 6.95. The minimum atomic E-state index is -1.01. The van der Waals surface area contributed by atoms with Crippen LogP contribution in [0, 0.1) is 0 Å². The molecule has 7 heteroatoms. The maximum Gasteiger partial charge on any atom is 0.305 e. The van der Waals surface area contributed by atoms with Gasteiger partial charge in [-0.3, -0.25) is 14.4 Å². The lowest BCUT2D eigenvalue weighted by Crippen LogP contribution is -2.39. The molecular formula is C15H19BrN2O4. The fourth-order valence-electron chi connectivity index (χ4n) is 1.89. The van der Waals surface area contributed by atoms with Crippen molar-refractivity contribution in [3.05, 3.63) is 34.3 Å². The fraction of sp³-hybridized carbons (Fsp3) is 0.400. The van der Waals surface area contributed by atoms with Crippen LogP contribution in [-0.2, 0) is 14.4 Å². The summed E-state index contributed by atoms with van der Waals surface area (Å²) in [5, 5.41) is 14.1. The number of nitrogens with one attached hydrogen (secondary N) is 2. The molecule has 6 nitrogen and oxygen atoms in total. The quantitative estimate of drug-likeness (QED) is 0.651. The van der Waals surface area contributed by atoms with Crippen molar-refractivity contribution in [2.75, 3.05) is 6.54 Å². The SMILES string of the molecule is CCCC(=O)NCC(=O)NC(CC(=O)O)c1cccc(Br)c1. The zero-order valence-electron chi connectivity index (χ0n) is 12.3. The normalized spacial score (nSPS) is 11.5. The van der Waals surface area contributed by atoms with Crippen molar-refractivity contribution in [2.24, 2.45) is 0 Å². The van der Waals surface area contributed by atoms with Gasteiger partial charge in [-0.2, -0.15) is 0 Å². The predicted molar refractivity (Wildman–Crippen MR) is 85.2 cm³/mol. The van der Waals surface area contributed by atoms with E-state index >= 15 is 0 Å². The molecule has 1 atom stereocenters. The summed E-state index contributed by atoms with van der Waals surface area (Å²) in [4.78, 5) is 34.2. The first kappa shape index (κ1) is 18.2. The van der Waals surface area contributed by atoms with E-state index in [2.05, 4.69) is 26.6 Å². The van der Waals surface area contributed by atoms with Gasteiger partial charge < -0.3 is 15.7 Å². The van der Waals surface area contributed by atoms with Gasteiger partial charge in [0.1, 0.15) is 0 Å². The van der Waals surface area contributed by atoms with Gasteiger partial charge in [0.15, 0.2) is 0 Å². The molecule has 1 aromatic carbocycles. The number of hydrogen-bond acceptors (Lipinski definition) is 3. The topological polar surface area (TPSA) is 95.5 Å². The monoisotopic (exact) mass is 370 g/mol. The molecular weight excluding hydrogens is 352 g/mol. The van der Waals surface area contributed by atoms with Gasteiger partial charge in [0.05, 0.1) is 19.0 Å². The molecule has 0 radical (unpaired) electrons. The second-order valence-corrected chi connectivity index (χ2v) is 5.72. The lowest BCUT2D eigenvalue weighted by Gasteiger charge is -2.18. The molecule has 0 aliphatic heterocycles. The lowest BCUT2D eigenvalue weighted by atomic mass is 10.0. The van der Waals surface area contributed by atoms with Crippen LogP contribution < -0.4 is 10.6 Å². The number of carboxylic acid groups (broad SMARTS) is 1. The van der Waals surface area contributed by atoms with E-state index < -0.39 is 17.9 Å². The number of benzene rings is 1. The third-order valence-electron chi connectivity index (χ3n) is 2.89. The van der Waals surface area contributed by atoms with Crippen LogP contribution in [-0.4, -0.2) is 29.4 Å². The smallest absolute Gasteiger partial charge is 0.305 e. The maximum atomic E-state index is 11.9. The molecule has 0 saturated carbocycles. The summed E-state index contributed by atoms with van der Waals surface area (Å²) in [6, 6.07) is 6.43. The first-order valence-corrected chi connectivity index (χ1v) is 7.75. The van der Waals surface area contributed by atoms with E-state index in [1.165, 1.54) is 0 Å². The number of amides is 2. The van der Waals surface area contributed by atoms with Crippen molar-refractivity contribution < 1.29 is 19.5 Å². The molecule has 1 rings (SSSR count). The lowest BCUT2D eigenvalue weighted by molar-refractivity contribution is -0.138. The number of carbonyl (C=O) groups is 3. The highest BCUT2D eigenvalue weighted by molar-refractivity contribution is 9.10. The van der Waals surface area contributed by atoms with Gasteiger partial charge >= 0.3 is 5.97 Å². The van der Waals surface area contributed by atoms with E-state index in [4.69, 9.17) is 5.11 Å². The van der Waals surface area contributed by atoms with Gasteiger partial charge in [-0.25, -0.2) is 0 Å². The van der Waals surface area contributed by atoms with Crippen LogP contribution in [0.1, 0.15) is 37.8 Å². The van der Waals surface area contributed by atoms with E-state index in [0.717, 1.165) is 4.47 Å². The zero-order chi connectivity index (χ0) is 16.5. The summed E-state index contributed by atoms with van der Waals surface area (Å²) in [5.41, 5.74) is 0.685. The van der Waals surface area contributed by atoms with Crippen LogP contribution in [0.4, 0.5) is 0 Å². The Labute approximate surface area is 137 Å². The molecule has 0 aromatic heterocycles. The number of carboxylic acids is 1. The zero-order valence-corrected chi connectivity index (χ0v) is 13.9. The molecule has 0 fully saturated rings. The molecule has 1 unspecified atom stereocenters. The molecule has 0 saturated heterocycles. The standard InChI is InChI=1S/C15H19BrN2O4/c1-2-4-13(19)17-9-14(20)18-12(8-15(21)22)10-5-3-6-11(16)7-10/h3,5-7,12H,2,4,8-9H2,1H3,(H,17,19)(H,18,20)(H,21,22). The fourth-order valence-corrected chi connectivity index (χ4v) is 2.31. The molecule has 2 amide bonds. The van der Waals surface area contributed by atoms with E-state index in [1.54, 1.807) is 18.2 Å². The molecule has 3 N–H and O–H groups in total. The van der Waals surface area contributed by atoms with Crippen LogP contribution in [0.2, 0.25) is 0 Å². The Bertz CT molecular complexity index is 548. The van der Waals surface area contributed by atoms with Crippen LogP contribution in [0.15, 0.2) is 28.7 Å². The molecule has 0 spiro atoms. The van der Waals surface area contributed by atoms with Crippen molar-refractivity contribution in [3.63, 3.8) is 0 Å². The van der Waals surface area contributed by atoms with Gasteiger partial charge in [-0.15, -0.1) is 0 Å². The van der Waals surface area contributed by atoms with Crippen molar-refractivity contribution in [3.8, 4) is 0 Å². The summed E-state index contributed by atoms with van der Waals surface area (Å²) in [6.07, 6.45) is 0.829. The van der Waals surface area contributed by atoms with E-state index in [1.807, 2.05) is 13.0 Å². The maximum absolute atomic E-state index is 11.9. The second-order valence-electron chi connectivity index (χ2n) is 4.80. The third-order valence-corrected chi connectivity index (χ3v) is 3.38. The highest BCUT2D eigenvalue weighted by atomic mass is 79.9. The minimum Gasteiger partial charge on any atom is -0.481 e. The van der Waals surface area contributed by atoms with Crippen LogP contribution in [0.25, 0.3) is 0 Å². The Morgan fingerprint density at radius 3 is 2.59 bits per heavy atom. The van der Waals surface area contributed by atoms with Gasteiger partial charge in [0.25, 0.3) is 0 Å². The Morgan fingerprint density at radius 2 is 2.00 bits per heavy atom.